The van der Waals surface area contributed by atoms with Gasteiger partial charge in [-0.3, -0.25) is 9.58 Å². The van der Waals surface area contributed by atoms with E-state index in [-0.39, 0.29) is 12.1 Å². The second-order valence-corrected chi connectivity index (χ2v) is 7.06. The number of aryl methyl sites for hydroxylation is 1. The number of nitrogens with zero attached hydrogens (tertiary/aromatic N) is 6. The van der Waals surface area contributed by atoms with Gasteiger partial charge in [0.25, 0.3) is 0 Å². The fourth-order valence-corrected chi connectivity index (χ4v) is 4.13. The van der Waals surface area contributed by atoms with Gasteiger partial charge < -0.3 is 4.74 Å². The highest BCUT2D eigenvalue weighted by Gasteiger charge is 2.37. The molecule has 0 bridgehead atoms. The highest BCUT2D eigenvalue weighted by atomic mass is 16.5. The summed E-state index contributed by atoms with van der Waals surface area (Å²) in [6.07, 6.45) is 7.83. The molecule has 0 radical (unpaired) electrons. The van der Waals surface area contributed by atoms with Gasteiger partial charge >= 0.3 is 0 Å². The van der Waals surface area contributed by atoms with Gasteiger partial charge in [-0.1, -0.05) is 5.21 Å². The van der Waals surface area contributed by atoms with Crippen LogP contribution < -0.4 is 0 Å². The van der Waals surface area contributed by atoms with Crippen molar-refractivity contribution >= 4 is 0 Å². The predicted molar refractivity (Wildman–Crippen MR) is 82.7 cm³/mol. The third-order valence-corrected chi connectivity index (χ3v) is 5.44. The summed E-state index contributed by atoms with van der Waals surface area (Å²) >= 11 is 0. The quantitative estimate of drug-likeness (QED) is 0.853. The molecule has 1 saturated heterocycles. The monoisotopic (exact) mass is 314 g/mol. The lowest BCUT2D eigenvalue weighted by molar-refractivity contribution is -0.0670. The van der Waals surface area contributed by atoms with Gasteiger partial charge in [0.2, 0.25) is 0 Å². The van der Waals surface area contributed by atoms with Gasteiger partial charge in [-0.05, 0) is 19.3 Å². The average molecular weight is 314 g/mol. The molecule has 0 amide bonds. The van der Waals surface area contributed by atoms with E-state index in [0.29, 0.717) is 6.61 Å². The minimum atomic E-state index is 0.275. The fraction of sp³-hybridized carbons (Fsp3) is 0.688. The average Bonchev–Trinajstić information content (AvgIpc) is 3.15. The first-order chi connectivity index (χ1) is 11.3. The minimum Gasteiger partial charge on any atom is -0.370 e. The molecule has 2 aliphatic heterocycles. The summed E-state index contributed by atoms with van der Waals surface area (Å²) in [7, 11) is 2.07. The molecule has 2 fully saturated rings. The first-order valence-electron chi connectivity index (χ1n) is 8.53. The molecule has 1 saturated carbocycles. The molecule has 0 unspecified atom stereocenters. The van der Waals surface area contributed by atoms with Gasteiger partial charge in [0.05, 0.1) is 36.8 Å². The molecule has 4 heterocycles. The summed E-state index contributed by atoms with van der Waals surface area (Å²) in [6.45, 7) is 3.67. The van der Waals surface area contributed by atoms with Crippen LogP contribution in [0.1, 0.15) is 48.2 Å². The maximum absolute atomic E-state index is 6.00. The van der Waals surface area contributed by atoms with E-state index in [0.717, 1.165) is 37.7 Å². The van der Waals surface area contributed by atoms with Gasteiger partial charge in [0.1, 0.15) is 0 Å². The highest BCUT2D eigenvalue weighted by molar-refractivity contribution is 5.25. The van der Waals surface area contributed by atoms with E-state index >= 15 is 0 Å². The summed E-state index contributed by atoms with van der Waals surface area (Å²) in [5.41, 5.74) is 3.92. The first-order valence-corrected chi connectivity index (χ1v) is 8.53. The zero-order valence-electron chi connectivity index (χ0n) is 13.4. The normalized spacial score (nSPS) is 27.7. The Labute approximate surface area is 135 Å². The summed E-state index contributed by atoms with van der Waals surface area (Å²) in [5.74, 6) is 0.731. The zero-order chi connectivity index (χ0) is 15.4. The molecule has 0 spiro atoms. The smallest absolute Gasteiger partial charge is 0.0930 e. The molecular formula is C16H22N6O. The molecule has 122 valence electrons. The molecule has 7 nitrogen and oxygen atoms in total. The number of hydrogen-bond acceptors (Lipinski definition) is 5. The number of likely N-dealkylation sites (tertiary alicyclic amines) is 1. The number of fused-ring (bicyclic) bond motifs is 3. The third-order valence-electron chi connectivity index (χ3n) is 5.44. The molecule has 7 heteroatoms. The number of piperidine rings is 1. The summed E-state index contributed by atoms with van der Waals surface area (Å²) < 4.78 is 10.1. The van der Waals surface area contributed by atoms with E-state index in [9.17, 15) is 0 Å². The van der Waals surface area contributed by atoms with Crippen LogP contribution in [0.25, 0.3) is 0 Å². The summed E-state index contributed by atoms with van der Waals surface area (Å²) in [6, 6.07) is 0.288. The van der Waals surface area contributed by atoms with Crippen LogP contribution in [0.2, 0.25) is 0 Å². The number of ether oxygens (including phenoxy) is 1. The fourth-order valence-electron chi connectivity index (χ4n) is 4.13. The van der Waals surface area contributed by atoms with Crippen molar-refractivity contribution in [2.24, 2.45) is 7.05 Å². The largest absolute Gasteiger partial charge is 0.370 e. The van der Waals surface area contributed by atoms with E-state index in [1.54, 1.807) is 0 Å². The van der Waals surface area contributed by atoms with Crippen molar-refractivity contribution in [3.05, 3.63) is 29.3 Å². The van der Waals surface area contributed by atoms with Crippen LogP contribution in [0.4, 0.5) is 0 Å². The standard InChI is InChI=1S/C16H22N6O/c1-20-16(11-2-3-11)12(6-18-20)8-21-5-4-15-14(9-21)22-13(10-23-15)7-17-19-22/h6-7,11,14-15H,2-5,8-10H2,1H3/t14-,15-/m1/s1. The Morgan fingerprint density at radius 2 is 2.17 bits per heavy atom. The van der Waals surface area contributed by atoms with Crippen molar-refractivity contribution in [2.45, 2.75) is 50.5 Å². The lowest BCUT2D eigenvalue weighted by Gasteiger charge is -2.41. The molecule has 23 heavy (non-hydrogen) atoms. The first kappa shape index (κ1) is 13.7. The molecule has 0 aromatic carbocycles. The lowest BCUT2D eigenvalue weighted by Crippen LogP contribution is -2.47. The Kier molecular flexibility index (Phi) is 3.06. The van der Waals surface area contributed by atoms with Gasteiger partial charge in [0, 0.05) is 43.9 Å². The van der Waals surface area contributed by atoms with Crippen molar-refractivity contribution in [3.8, 4) is 0 Å². The van der Waals surface area contributed by atoms with E-state index in [1.807, 2.05) is 6.20 Å². The van der Waals surface area contributed by atoms with E-state index in [2.05, 4.69) is 42.9 Å². The summed E-state index contributed by atoms with van der Waals surface area (Å²) in [5, 5.41) is 12.8. The molecule has 3 aliphatic rings. The van der Waals surface area contributed by atoms with Crippen LogP contribution >= 0.6 is 0 Å². The molecule has 2 aromatic heterocycles. The van der Waals surface area contributed by atoms with Crippen LogP contribution in [0, 0.1) is 0 Å². The maximum atomic E-state index is 6.00. The van der Waals surface area contributed by atoms with Crippen LogP contribution in [0.3, 0.4) is 0 Å². The van der Waals surface area contributed by atoms with Crippen LogP contribution in [0.5, 0.6) is 0 Å². The Hall–Kier alpha value is -1.73. The Balaban J connectivity index is 1.36. The molecular weight excluding hydrogens is 292 g/mol. The lowest BCUT2D eigenvalue weighted by atomic mass is 9.99. The number of hydrogen-bond donors (Lipinski definition) is 0. The Morgan fingerprint density at radius 3 is 3.04 bits per heavy atom. The van der Waals surface area contributed by atoms with Crippen molar-refractivity contribution in [3.63, 3.8) is 0 Å². The zero-order valence-corrected chi connectivity index (χ0v) is 13.4. The van der Waals surface area contributed by atoms with Crippen molar-refractivity contribution in [1.82, 2.24) is 29.7 Å². The molecule has 5 rings (SSSR count). The van der Waals surface area contributed by atoms with Crippen molar-refractivity contribution < 1.29 is 4.74 Å². The third kappa shape index (κ3) is 2.30. The minimum absolute atomic E-state index is 0.275. The second kappa shape index (κ2) is 5.14. The van der Waals surface area contributed by atoms with Crippen LogP contribution in [0.15, 0.2) is 12.4 Å². The van der Waals surface area contributed by atoms with E-state index in [1.165, 1.54) is 24.1 Å². The topological polar surface area (TPSA) is 61.0 Å². The Bertz CT molecular complexity index is 718. The number of aromatic nitrogens is 5. The molecule has 0 N–H and O–H groups in total. The Morgan fingerprint density at radius 1 is 1.26 bits per heavy atom. The van der Waals surface area contributed by atoms with Gasteiger partial charge in [-0.2, -0.15) is 5.10 Å². The predicted octanol–water partition coefficient (Wildman–Crippen LogP) is 1.23. The van der Waals surface area contributed by atoms with Gasteiger partial charge in [0.15, 0.2) is 0 Å². The van der Waals surface area contributed by atoms with E-state index < -0.39 is 0 Å². The van der Waals surface area contributed by atoms with Crippen LogP contribution in [-0.2, 0) is 24.9 Å². The molecule has 1 aliphatic carbocycles. The van der Waals surface area contributed by atoms with Crippen molar-refractivity contribution in [2.75, 3.05) is 13.1 Å². The van der Waals surface area contributed by atoms with Gasteiger partial charge in [-0.25, -0.2) is 4.68 Å². The van der Waals surface area contributed by atoms with Crippen molar-refractivity contribution in [1.29, 1.82) is 0 Å². The van der Waals surface area contributed by atoms with Crippen LogP contribution in [-0.4, -0.2) is 48.9 Å². The molecule has 2 atom stereocenters. The highest BCUT2D eigenvalue weighted by Crippen LogP contribution is 2.42. The van der Waals surface area contributed by atoms with E-state index in [4.69, 9.17) is 4.74 Å². The molecule has 2 aromatic rings. The number of rotatable bonds is 3. The maximum Gasteiger partial charge on any atom is 0.0930 e. The summed E-state index contributed by atoms with van der Waals surface area (Å²) in [4.78, 5) is 2.52. The SMILES string of the molecule is Cn1ncc(CN2CC[C@H]3OCc4cnnn4[C@@H]3C2)c1C1CC1. The second-order valence-electron chi connectivity index (χ2n) is 7.06. The van der Waals surface area contributed by atoms with Gasteiger partial charge in [-0.15, -0.1) is 5.10 Å².